The Labute approximate surface area is 110 Å². The summed E-state index contributed by atoms with van der Waals surface area (Å²) in [5.41, 5.74) is -0.0276. The lowest BCUT2D eigenvalue weighted by Gasteiger charge is -2.12. The summed E-state index contributed by atoms with van der Waals surface area (Å²) >= 11 is 1.20. The molecule has 0 aromatic carbocycles. The Kier molecular flexibility index (Phi) is 10.1. The fourth-order valence-corrected chi connectivity index (χ4v) is 1.85. The molecular formula is C14H23NOS. The Balaban J connectivity index is 3.84. The highest BCUT2D eigenvalue weighted by molar-refractivity contribution is 8.04. The zero-order valence-electron chi connectivity index (χ0n) is 11.3. The topological polar surface area (TPSA) is 33.0 Å². The molecule has 0 heterocycles. The van der Waals surface area contributed by atoms with Crippen LogP contribution in [0.2, 0.25) is 0 Å². The summed E-state index contributed by atoms with van der Waals surface area (Å²) in [6.45, 7) is 8.95. The maximum absolute atomic E-state index is 8.69. The minimum absolute atomic E-state index is 0.0276. The van der Waals surface area contributed by atoms with Gasteiger partial charge in [-0.1, -0.05) is 46.0 Å². The van der Waals surface area contributed by atoms with E-state index in [0.29, 0.717) is 18.4 Å². The summed E-state index contributed by atoms with van der Waals surface area (Å²) < 4.78 is 5.58. The van der Waals surface area contributed by atoms with E-state index in [1.807, 2.05) is 0 Å². The third-order valence-electron chi connectivity index (χ3n) is 2.14. The van der Waals surface area contributed by atoms with Gasteiger partial charge in [0, 0.05) is 5.92 Å². The van der Waals surface area contributed by atoms with Crippen LogP contribution in [-0.4, -0.2) is 12.0 Å². The average molecular weight is 253 g/mol. The van der Waals surface area contributed by atoms with Crippen LogP contribution in [0.15, 0.2) is 0 Å². The van der Waals surface area contributed by atoms with E-state index in [1.165, 1.54) is 18.2 Å². The number of hydrogen-bond donors (Lipinski definition) is 0. The summed E-state index contributed by atoms with van der Waals surface area (Å²) in [6, 6.07) is 0. The molecule has 0 rings (SSSR count). The number of ether oxygens (including phenoxy) is 1. The molecule has 96 valence electrons. The van der Waals surface area contributed by atoms with Crippen LogP contribution in [0.5, 0.6) is 0 Å². The monoisotopic (exact) mass is 253 g/mol. The molecule has 0 saturated heterocycles. The Morgan fingerprint density at radius 2 is 1.88 bits per heavy atom. The van der Waals surface area contributed by atoms with Crippen molar-refractivity contribution in [2.75, 3.05) is 6.61 Å². The van der Waals surface area contributed by atoms with Gasteiger partial charge < -0.3 is 4.74 Å². The van der Waals surface area contributed by atoms with Gasteiger partial charge in [-0.25, -0.2) is 0 Å². The van der Waals surface area contributed by atoms with Crippen LogP contribution in [0.4, 0.5) is 0 Å². The maximum atomic E-state index is 8.69. The highest BCUT2D eigenvalue weighted by Crippen LogP contribution is 2.19. The summed E-state index contributed by atoms with van der Waals surface area (Å²) in [5, 5.41) is 10.8. The lowest BCUT2D eigenvalue weighted by atomic mass is 10.1. The van der Waals surface area contributed by atoms with Gasteiger partial charge in [0.05, 0.1) is 0 Å². The normalized spacial score (nSPS) is 12.1. The number of nitriles is 1. The molecule has 0 radical (unpaired) electrons. The molecule has 1 unspecified atom stereocenters. The van der Waals surface area contributed by atoms with Gasteiger partial charge in [-0.15, -0.1) is 0 Å². The van der Waals surface area contributed by atoms with E-state index in [4.69, 9.17) is 10.00 Å². The number of thiocyanates is 1. The van der Waals surface area contributed by atoms with E-state index < -0.39 is 0 Å². The molecule has 0 spiro atoms. The minimum atomic E-state index is -0.0276. The molecule has 0 N–H and O–H groups in total. The van der Waals surface area contributed by atoms with Crippen LogP contribution >= 0.6 is 11.8 Å². The molecule has 17 heavy (non-hydrogen) atoms. The molecule has 0 aromatic heterocycles. The Hall–Kier alpha value is -0.640. The quantitative estimate of drug-likeness (QED) is 0.390. The van der Waals surface area contributed by atoms with E-state index in [1.54, 1.807) is 0 Å². The Bertz CT molecular complexity index is 283. The second-order valence-corrected chi connectivity index (χ2v) is 5.69. The first kappa shape index (κ1) is 16.4. The number of rotatable bonds is 7. The predicted molar refractivity (Wildman–Crippen MR) is 74.2 cm³/mol. The van der Waals surface area contributed by atoms with Gasteiger partial charge in [-0.2, -0.15) is 5.26 Å². The number of thioether (sulfide) groups is 1. The summed E-state index contributed by atoms with van der Waals surface area (Å²) in [5.74, 6) is 7.12. The number of nitrogens with zero attached hydrogens (tertiary/aromatic N) is 1. The maximum Gasteiger partial charge on any atom is 0.136 e. The van der Waals surface area contributed by atoms with Crippen molar-refractivity contribution >= 4 is 11.8 Å². The average Bonchev–Trinajstić information content (AvgIpc) is 2.23. The van der Waals surface area contributed by atoms with Gasteiger partial charge in [0.25, 0.3) is 0 Å². The zero-order chi connectivity index (χ0) is 13.1. The first-order chi connectivity index (χ1) is 8.06. The highest BCUT2D eigenvalue weighted by atomic mass is 32.2. The molecular weight excluding hydrogens is 230 g/mol. The molecule has 0 bridgehead atoms. The van der Waals surface area contributed by atoms with Gasteiger partial charge in [0.2, 0.25) is 0 Å². The molecule has 0 fully saturated rings. The van der Waals surface area contributed by atoms with E-state index in [2.05, 4.69) is 44.9 Å². The third-order valence-corrected chi connectivity index (χ3v) is 2.88. The summed E-state index contributed by atoms with van der Waals surface area (Å²) in [4.78, 5) is 0. The molecule has 0 aliphatic carbocycles. The van der Waals surface area contributed by atoms with Crippen LogP contribution in [0, 0.1) is 34.3 Å². The van der Waals surface area contributed by atoms with Crippen LogP contribution in [0.1, 0.15) is 47.0 Å². The van der Waals surface area contributed by atoms with Crippen molar-refractivity contribution < 1.29 is 4.74 Å². The van der Waals surface area contributed by atoms with Crippen LogP contribution < -0.4 is 0 Å². The smallest absolute Gasteiger partial charge is 0.136 e. The first-order valence-electron chi connectivity index (χ1n) is 6.21. The molecule has 0 amide bonds. The molecule has 2 nitrogen and oxygen atoms in total. The molecule has 0 aromatic rings. The highest BCUT2D eigenvalue weighted by Gasteiger charge is 2.09. The molecule has 0 aliphatic rings. The number of hydrogen-bond acceptors (Lipinski definition) is 3. The molecule has 3 heteroatoms. The molecule has 0 saturated carbocycles. The fourth-order valence-electron chi connectivity index (χ4n) is 1.31. The summed E-state index contributed by atoms with van der Waals surface area (Å²) in [6.07, 6.45) is 3.22. The van der Waals surface area contributed by atoms with Crippen LogP contribution in [0.3, 0.4) is 0 Å². The van der Waals surface area contributed by atoms with Crippen molar-refractivity contribution in [1.82, 2.24) is 0 Å². The SMILES string of the molecule is CC(C)C#CCOC(CCCC(C)C)SC#N. The standard InChI is InChI=1S/C14H23NOS/c1-12(2)7-5-9-14(17-11-15)16-10-6-8-13(3)4/h12-14H,5,7,9-10H2,1-4H3. The van der Waals surface area contributed by atoms with Gasteiger partial charge in [0.15, 0.2) is 0 Å². The Morgan fingerprint density at radius 1 is 1.18 bits per heavy atom. The lowest BCUT2D eigenvalue weighted by Crippen LogP contribution is -2.08. The lowest BCUT2D eigenvalue weighted by molar-refractivity contribution is 0.134. The first-order valence-corrected chi connectivity index (χ1v) is 7.09. The molecule has 0 aliphatic heterocycles. The van der Waals surface area contributed by atoms with E-state index in [9.17, 15) is 0 Å². The minimum Gasteiger partial charge on any atom is -0.354 e. The van der Waals surface area contributed by atoms with Crippen molar-refractivity contribution in [3.8, 4) is 17.2 Å². The van der Waals surface area contributed by atoms with E-state index in [-0.39, 0.29) is 5.44 Å². The van der Waals surface area contributed by atoms with Gasteiger partial charge in [-0.3, -0.25) is 0 Å². The van der Waals surface area contributed by atoms with Gasteiger partial charge in [0.1, 0.15) is 17.4 Å². The van der Waals surface area contributed by atoms with Gasteiger partial charge in [-0.05, 0) is 30.5 Å². The third kappa shape index (κ3) is 11.6. The van der Waals surface area contributed by atoms with Crippen LogP contribution in [-0.2, 0) is 4.74 Å². The van der Waals surface area contributed by atoms with Crippen molar-refractivity contribution in [3.05, 3.63) is 0 Å². The summed E-state index contributed by atoms with van der Waals surface area (Å²) in [7, 11) is 0. The van der Waals surface area contributed by atoms with Crippen LogP contribution in [0.25, 0.3) is 0 Å². The van der Waals surface area contributed by atoms with Crippen molar-refractivity contribution in [2.24, 2.45) is 11.8 Å². The van der Waals surface area contributed by atoms with Crippen molar-refractivity contribution in [2.45, 2.75) is 52.4 Å². The fraction of sp³-hybridized carbons (Fsp3) is 0.786. The van der Waals surface area contributed by atoms with Crippen molar-refractivity contribution in [1.29, 1.82) is 5.26 Å². The van der Waals surface area contributed by atoms with E-state index >= 15 is 0 Å². The molecule has 1 atom stereocenters. The van der Waals surface area contributed by atoms with E-state index in [0.717, 1.165) is 12.8 Å². The largest absolute Gasteiger partial charge is 0.354 e. The second kappa shape index (κ2) is 10.5. The van der Waals surface area contributed by atoms with Crippen molar-refractivity contribution in [3.63, 3.8) is 0 Å². The zero-order valence-corrected chi connectivity index (χ0v) is 12.1. The Morgan fingerprint density at radius 3 is 2.41 bits per heavy atom. The second-order valence-electron chi connectivity index (χ2n) is 4.75. The predicted octanol–water partition coefficient (Wildman–Crippen LogP) is 4.03. The van der Waals surface area contributed by atoms with Gasteiger partial charge >= 0.3 is 0 Å².